The molecule has 0 saturated heterocycles. The second-order valence-electron chi connectivity index (χ2n) is 10.5. The summed E-state index contributed by atoms with van der Waals surface area (Å²) >= 11 is 3.20. The van der Waals surface area contributed by atoms with Crippen LogP contribution in [-0.4, -0.2) is 28.5 Å². The molecule has 1 atom stereocenters. The van der Waals surface area contributed by atoms with Crippen LogP contribution in [0.25, 0.3) is 22.0 Å². The van der Waals surface area contributed by atoms with Crippen molar-refractivity contribution < 1.29 is 18.7 Å². The molecule has 1 amide bonds. The Hall–Kier alpha value is -3.10. The molecule has 0 bridgehead atoms. The zero-order valence-corrected chi connectivity index (χ0v) is 24.1. The molecular weight excluding hydrogens is 519 g/mol. The summed E-state index contributed by atoms with van der Waals surface area (Å²) in [5, 5.41) is 7.15. The number of fused-ring (bicyclic) bond motifs is 1. The summed E-state index contributed by atoms with van der Waals surface area (Å²) in [6.45, 7) is 9.71. The zero-order valence-electron chi connectivity index (χ0n) is 22.5. The van der Waals surface area contributed by atoms with Gasteiger partial charge in [-0.3, -0.25) is 0 Å². The fourth-order valence-corrected chi connectivity index (χ4v) is 6.26. The number of benzene rings is 3. The van der Waals surface area contributed by atoms with E-state index in [-0.39, 0.29) is 5.82 Å². The quantitative estimate of drug-likeness (QED) is 0.238. The van der Waals surface area contributed by atoms with Crippen molar-refractivity contribution in [1.29, 1.82) is 0 Å². The number of methoxy groups -OCH3 is 1. The summed E-state index contributed by atoms with van der Waals surface area (Å²) in [5.74, 6) is 1.29. The van der Waals surface area contributed by atoms with Crippen molar-refractivity contribution in [3.05, 3.63) is 82.4 Å². The Morgan fingerprint density at radius 2 is 1.71 bits per heavy atom. The van der Waals surface area contributed by atoms with E-state index in [1.165, 1.54) is 17.4 Å². The molecule has 0 fully saturated rings. The summed E-state index contributed by atoms with van der Waals surface area (Å²) in [5.41, 5.74) is 2.12. The topological polar surface area (TPSA) is 60.5 Å². The number of carbonyl (C=O) groups excluding carboxylic acids is 1. The lowest BCUT2D eigenvalue weighted by Crippen LogP contribution is -2.42. The molecule has 8 heteroatoms. The Bertz CT molecular complexity index is 1410. The van der Waals surface area contributed by atoms with Crippen molar-refractivity contribution in [2.24, 2.45) is 0 Å². The van der Waals surface area contributed by atoms with Crippen molar-refractivity contribution in [3.8, 4) is 17.0 Å². The second kappa shape index (κ2) is 11.3. The summed E-state index contributed by atoms with van der Waals surface area (Å²) in [7, 11) is 1.65. The fraction of sp³-hybridized carbons (Fsp3) is 0.333. The van der Waals surface area contributed by atoms with Gasteiger partial charge in [0.25, 0.3) is 0 Å². The van der Waals surface area contributed by atoms with Gasteiger partial charge in [0.2, 0.25) is 0 Å². The van der Waals surface area contributed by atoms with Crippen molar-refractivity contribution in [1.82, 2.24) is 10.3 Å². The van der Waals surface area contributed by atoms with Crippen LogP contribution in [0.2, 0.25) is 0 Å². The number of hydrogen-bond acceptors (Lipinski definition) is 6. The van der Waals surface area contributed by atoms with E-state index in [0.29, 0.717) is 5.39 Å². The van der Waals surface area contributed by atoms with Crippen molar-refractivity contribution >= 4 is 40.0 Å². The largest absolute Gasteiger partial charge is 0.497 e. The first kappa shape index (κ1) is 27.9. The maximum absolute atomic E-state index is 14.4. The van der Waals surface area contributed by atoms with Crippen molar-refractivity contribution in [2.75, 3.05) is 7.11 Å². The van der Waals surface area contributed by atoms with Crippen LogP contribution in [0.3, 0.4) is 0 Å². The van der Waals surface area contributed by atoms with E-state index in [1.54, 1.807) is 31.0 Å². The highest BCUT2D eigenvalue weighted by molar-refractivity contribution is 7.99. The molecule has 0 spiro atoms. The standard InChI is InChI=1S/C30H33FN2O3S2/c1-29(2,3)36-28(34)33-26(30(4,5)38-17-19-11-13-20(35-6)14-12-19)27-32-25(18-37-27)23-15-16-24(31)22-10-8-7-9-21(22)23/h7-16,18,26H,17H2,1-6H3,(H,33,34). The highest BCUT2D eigenvalue weighted by Crippen LogP contribution is 2.42. The van der Waals surface area contributed by atoms with E-state index < -0.39 is 22.5 Å². The molecule has 0 saturated carbocycles. The third-order valence-electron chi connectivity index (χ3n) is 6.04. The van der Waals surface area contributed by atoms with Crippen LogP contribution in [0.15, 0.2) is 66.0 Å². The van der Waals surface area contributed by atoms with E-state index in [2.05, 4.69) is 19.2 Å². The number of thioether (sulfide) groups is 1. The van der Waals surface area contributed by atoms with Crippen molar-refractivity contribution in [3.63, 3.8) is 0 Å². The molecule has 1 unspecified atom stereocenters. The number of nitrogens with one attached hydrogen (secondary N) is 1. The van der Waals surface area contributed by atoms with E-state index in [1.807, 2.05) is 68.6 Å². The van der Waals surface area contributed by atoms with Crippen LogP contribution in [0.1, 0.15) is 51.2 Å². The molecule has 1 aromatic heterocycles. The minimum Gasteiger partial charge on any atom is -0.497 e. The van der Waals surface area contributed by atoms with E-state index >= 15 is 0 Å². The maximum atomic E-state index is 14.4. The Labute approximate surface area is 231 Å². The van der Waals surface area contributed by atoms with Gasteiger partial charge >= 0.3 is 6.09 Å². The number of rotatable bonds is 8. The van der Waals surface area contributed by atoms with Crippen LogP contribution in [0.5, 0.6) is 5.75 Å². The molecule has 5 nitrogen and oxygen atoms in total. The number of amides is 1. The van der Waals surface area contributed by atoms with Gasteiger partial charge in [0.1, 0.15) is 22.2 Å². The third kappa shape index (κ3) is 6.66. The number of alkyl carbamates (subject to hydrolysis) is 1. The minimum absolute atomic E-state index is 0.264. The molecule has 0 aliphatic carbocycles. The smallest absolute Gasteiger partial charge is 0.408 e. The van der Waals surface area contributed by atoms with E-state index in [9.17, 15) is 9.18 Å². The number of thiazole rings is 1. The van der Waals surface area contributed by atoms with Crippen LogP contribution in [-0.2, 0) is 10.5 Å². The summed E-state index contributed by atoms with van der Waals surface area (Å²) in [6.07, 6.45) is -0.496. The van der Waals surface area contributed by atoms with Gasteiger partial charge < -0.3 is 14.8 Å². The molecule has 4 aromatic rings. The molecule has 1 N–H and O–H groups in total. The molecule has 4 rings (SSSR count). The highest BCUT2D eigenvalue weighted by atomic mass is 32.2. The SMILES string of the molecule is COc1ccc(CSC(C)(C)C(NC(=O)OC(C)(C)C)c2nc(-c3ccc(F)c4ccccc34)cs2)cc1. The van der Waals surface area contributed by atoms with Crippen LogP contribution in [0.4, 0.5) is 9.18 Å². The fourth-order valence-electron chi connectivity index (χ4n) is 4.06. The summed E-state index contributed by atoms with van der Waals surface area (Å²) in [4.78, 5) is 17.9. The van der Waals surface area contributed by atoms with Gasteiger partial charge in [0.15, 0.2) is 0 Å². The molecular formula is C30H33FN2O3S2. The predicted molar refractivity (Wildman–Crippen MR) is 155 cm³/mol. The Kier molecular flexibility index (Phi) is 8.33. The van der Waals surface area contributed by atoms with Crippen LogP contribution >= 0.6 is 23.1 Å². The Balaban J connectivity index is 1.65. The molecule has 38 heavy (non-hydrogen) atoms. The van der Waals surface area contributed by atoms with Crippen LogP contribution < -0.4 is 10.1 Å². The molecule has 0 radical (unpaired) electrons. The monoisotopic (exact) mass is 552 g/mol. The molecule has 0 aliphatic rings. The predicted octanol–water partition coefficient (Wildman–Crippen LogP) is 8.39. The lowest BCUT2D eigenvalue weighted by atomic mass is 10.0. The lowest BCUT2D eigenvalue weighted by Gasteiger charge is -2.34. The van der Waals surface area contributed by atoms with E-state index in [0.717, 1.165) is 38.7 Å². The van der Waals surface area contributed by atoms with Crippen molar-refractivity contribution in [2.45, 2.75) is 56.8 Å². The average Bonchev–Trinajstić information content (AvgIpc) is 3.35. The maximum Gasteiger partial charge on any atom is 0.408 e. The van der Waals surface area contributed by atoms with Gasteiger partial charge in [-0.1, -0.05) is 36.4 Å². The van der Waals surface area contributed by atoms with Gasteiger partial charge in [0, 0.05) is 26.8 Å². The third-order valence-corrected chi connectivity index (χ3v) is 8.41. The van der Waals surface area contributed by atoms with E-state index in [4.69, 9.17) is 14.5 Å². The first-order valence-electron chi connectivity index (χ1n) is 12.4. The van der Waals surface area contributed by atoms with Gasteiger partial charge in [-0.25, -0.2) is 14.2 Å². The van der Waals surface area contributed by atoms with Gasteiger partial charge in [-0.15, -0.1) is 23.1 Å². The normalized spacial score (nSPS) is 12.8. The number of hydrogen-bond donors (Lipinski definition) is 1. The number of carbonyl (C=O) groups is 1. The molecule has 1 heterocycles. The van der Waals surface area contributed by atoms with Crippen LogP contribution in [0, 0.1) is 5.82 Å². The molecule has 3 aromatic carbocycles. The van der Waals surface area contributed by atoms with Gasteiger partial charge in [-0.2, -0.15) is 0 Å². The summed E-state index contributed by atoms with van der Waals surface area (Å²) < 4.78 is 24.9. The molecule has 200 valence electrons. The zero-order chi connectivity index (χ0) is 27.5. The second-order valence-corrected chi connectivity index (χ2v) is 13.1. The molecule has 0 aliphatic heterocycles. The number of ether oxygens (including phenoxy) is 2. The Morgan fingerprint density at radius 1 is 1.03 bits per heavy atom. The Morgan fingerprint density at radius 3 is 2.37 bits per heavy atom. The van der Waals surface area contributed by atoms with Gasteiger partial charge in [0.05, 0.1) is 18.8 Å². The average molecular weight is 553 g/mol. The highest BCUT2D eigenvalue weighted by Gasteiger charge is 2.36. The summed E-state index contributed by atoms with van der Waals surface area (Å²) in [6, 6.07) is 18.2. The number of halogens is 1. The van der Waals surface area contributed by atoms with Gasteiger partial charge in [-0.05, 0) is 69.8 Å². The first-order chi connectivity index (χ1) is 18.0. The number of nitrogens with zero attached hydrogens (tertiary/aromatic N) is 1. The minimum atomic E-state index is -0.629. The first-order valence-corrected chi connectivity index (χ1v) is 14.2. The lowest BCUT2D eigenvalue weighted by molar-refractivity contribution is 0.0494. The number of aromatic nitrogens is 1.